The summed E-state index contributed by atoms with van der Waals surface area (Å²) in [5.41, 5.74) is -0.298. The number of nitrogens with zero attached hydrogens (tertiary/aromatic N) is 2. The number of carbonyl (C=O) groups is 1. The summed E-state index contributed by atoms with van der Waals surface area (Å²) in [5, 5.41) is 20.1. The topological polar surface area (TPSA) is 127 Å². The molecule has 0 fully saturated rings. The zero-order valence-corrected chi connectivity index (χ0v) is 15.3. The third-order valence-electron chi connectivity index (χ3n) is 3.74. The highest BCUT2D eigenvalue weighted by Gasteiger charge is 2.31. The van der Waals surface area contributed by atoms with Crippen LogP contribution >= 0.6 is 0 Å². The third-order valence-corrected chi connectivity index (χ3v) is 5.62. The SMILES string of the molecule is COc1ccc(N(CCCC(=O)O)S(=O)(=O)c2ccccc2[N+](=O)[O-])cc1. The van der Waals surface area contributed by atoms with Crippen molar-refractivity contribution in [3.05, 3.63) is 58.6 Å². The molecule has 0 saturated heterocycles. The molecule has 0 atom stereocenters. The van der Waals surface area contributed by atoms with Crippen molar-refractivity contribution in [1.29, 1.82) is 0 Å². The van der Waals surface area contributed by atoms with E-state index in [-0.39, 0.29) is 25.1 Å². The van der Waals surface area contributed by atoms with Crippen molar-refractivity contribution >= 4 is 27.4 Å². The van der Waals surface area contributed by atoms with Crippen LogP contribution in [0.2, 0.25) is 0 Å². The largest absolute Gasteiger partial charge is 0.497 e. The van der Waals surface area contributed by atoms with Gasteiger partial charge in [0, 0.05) is 19.0 Å². The quantitative estimate of drug-likeness (QED) is 0.511. The maximum Gasteiger partial charge on any atom is 0.303 e. The number of carboxylic acids is 1. The zero-order valence-electron chi connectivity index (χ0n) is 14.4. The molecule has 27 heavy (non-hydrogen) atoms. The van der Waals surface area contributed by atoms with Gasteiger partial charge in [0.1, 0.15) is 5.75 Å². The molecule has 144 valence electrons. The maximum atomic E-state index is 13.1. The van der Waals surface area contributed by atoms with Crippen molar-refractivity contribution in [2.45, 2.75) is 17.7 Å². The number of methoxy groups -OCH3 is 1. The van der Waals surface area contributed by atoms with Gasteiger partial charge in [0.2, 0.25) is 0 Å². The van der Waals surface area contributed by atoms with Crippen LogP contribution in [-0.2, 0) is 14.8 Å². The Labute approximate surface area is 156 Å². The molecule has 0 aliphatic heterocycles. The molecule has 0 heterocycles. The maximum absolute atomic E-state index is 13.1. The summed E-state index contributed by atoms with van der Waals surface area (Å²) in [6.45, 7) is -0.146. The van der Waals surface area contributed by atoms with E-state index in [2.05, 4.69) is 0 Å². The number of aliphatic carboxylic acids is 1. The minimum Gasteiger partial charge on any atom is -0.497 e. The number of para-hydroxylation sites is 1. The van der Waals surface area contributed by atoms with Crippen molar-refractivity contribution in [2.75, 3.05) is 18.0 Å². The summed E-state index contributed by atoms with van der Waals surface area (Å²) in [7, 11) is -2.83. The van der Waals surface area contributed by atoms with Gasteiger partial charge in [-0.1, -0.05) is 12.1 Å². The van der Waals surface area contributed by atoms with E-state index in [1.807, 2.05) is 0 Å². The number of hydrogen-bond donors (Lipinski definition) is 1. The van der Waals surface area contributed by atoms with Gasteiger partial charge in [-0.3, -0.25) is 19.2 Å². The zero-order chi connectivity index (χ0) is 20.0. The van der Waals surface area contributed by atoms with Crippen LogP contribution in [0.4, 0.5) is 11.4 Å². The minimum absolute atomic E-state index is 0.0429. The highest BCUT2D eigenvalue weighted by molar-refractivity contribution is 7.93. The number of carboxylic acid groups (broad SMARTS) is 1. The molecule has 10 heteroatoms. The average Bonchev–Trinajstić information content (AvgIpc) is 2.65. The first kappa shape index (κ1) is 20.2. The van der Waals surface area contributed by atoms with Crippen LogP contribution in [0, 0.1) is 10.1 Å². The number of nitro groups is 1. The van der Waals surface area contributed by atoms with Gasteiger partial charge in [-0.25, -0.2) is 8.42 Å². The molecule has 0 aromatic heterocycles. The van der Waals surface area contributed by atoms with Gasteiger partial charge < -0.3 is 9.84 Å². The summed E-state index contributed by atoms with van der Waals surface area (Å²) in [6.07, 6.45) is -0.194. The fourth-order valence-corrected chi connectivity index (χ4v) is 4.12. The number of nitro benzene ring substituents is 1. The number of hydrogen-bond acceptors (Lipinski definition) is 6. The predicted molar refractivity (Wildman–Crippen MR) is 97.5 cm³/mol. The van der Waals surface area contributed by atoms with Gasteiger partial charge in [-0.05, 0) is 36.8 Å². The van der Waals surface area contributed by atoms with Gasteiger partial charge in [-0.2, -0.15) is 0 Å². The molecule has 0 saturated carbocycles. The smallest absolute Gasteiger partial charge is 0.303 e. The Morgan fingerprint density at radius 2 is 1.81 bits per heavy atom. The van der Waals surface area contributed by atoms with Gasteiger partial charge in [0.25, 0.3) is 15.7 Å². The molecule has 1 N–H and O–H groups in total. The van der Waals surface area contributed by atoms with Gasteiger partial charge in [0.15, 0.2) is 4.90 Å². The Kier molecular flexibility index (Phi) is 6.35. The molecule has 2 aromatic rings. The van der Waals surface area contributed by atoms with E-state index in [1.54, 1.807) is 12.1 Å². The highest BCUT2D eigenvalue weighted by atomic mass is 32.2. The summed E-state index contributed by atoms with van der Waals surface area (Å²) in [6, 6.07) is 11.1. The highest BCUT2D eigenvalue weighted by Crippen LogP contribution is 2.31. The molecule has 0 amide bonds. The predicted octanol–water partition coefficient (Wildman–Crippen LogP) is 2.66. The van der Waals surface area contributed by atoms with Crippen molar-refractivity contribution in [2.24, 2.45) is 0 Å². The third kappa shape index (κ3) is 4.73. The molecular weight excluding hydrogens is 376 g/mol. The lowest BCUT2D eigenvalue weighted by atomic mass is 10.2. The first-order chi connectivity index (χ1) is 12.8. The second-order valence-corrected chi connectivity index (χ2v) is 7.33. The molecule has 0 radical (unpaired) electrons. The van der Waals surface area contributed by atoms with Gasteiger partial charge >= 0.3 is 5.97 Å². The molecule has 0 unspecified atom stereocenters. The Morgan fingerprint density at radius 1 is 1.19 bits per heavy atom. The van der Waals surface area contributed by atoms with Crippen LogP contribution in [0.5, 0.6) is 5.75 Å². The lowest BCUT2D eigenvalue weighted by molar-refractivity contribution is -0.387. The van der Waals surface area contributed by atoms with Crippen LogP contribution in [0.3, 0.4) is 0 Å². The molecule has 9 nitrogen and oxygen atoms in total. The Balaban J connectivity index is 2.50. The Hall–Kier alpha value is -3.14. The molecule has 2 rings (SSSR count). The average molecular weight is 394 g/mol. The van der Waals surface area contributed by atoms with Crippen LogP contribution in [0.15, 0.2) is 53.4 Å². The van der Waals surface area contributed by atoms with Gasteiger partial charge in [-0.15, -0.1) is 0 Å². The van der Waals surface area contributed by atoms with E-state index in [1.165, 1.54) is 31.4 Å². The summed E-state index contributed by atoms with van der Waals surface area (Å²) in [4.78, 5) is 20.8. The van der Waals surface area contributed by atoms with E-state index in [9.17, 15) is 23.3 Å². The first-order valence-electron chi connectivity index (χ1n) is 7.89. The summed E-state index contributed by atoms with van der Waals surface area (Å²) >= 11 is 0. The molecule has 0 spiro atoms. The number of benzene rings is 2. The Bertz CT molecular complexity index is 927. The van der Waals surface area contributed by atoms with Gasteiger partial charge in [0.05, 0.1) is 17.7 Å². The van der Waals surface area contributed by atoms with Crippen LogP contribution in [0.25, 0.3) is 0 Å². The van der Waals surface area contributed by atoms with Crippen LogP contribution in [-0.4, -0.2) is 38.1 Å². The molecule has 0 aliphatic carbocycles. The lowest BCUT2D eigenvalue weighted by Gasteiger charge is -2.24. The Morgan fingerprint density at radius 3 is 2.37 bits per heavy atom. The van der Waals surface area contributed by atoms with E-state index < -0.39 is 31.5 Å². The molecular formula is C17H18N2O7S. The minimum atomic E-state index is -4.29. The van der Waals surface area contributed by atoms with Crippen LogP contribution < -0.4 is 9.04 Å². The number of rotatable bonds is 9. The van der Waals surface area contributed by atoms with Crippen molar-refractivity contribution in [3.63, 3.8) is 0 Å². The molecule has 0 bridgehead atoms. The normalized spacial score (nSPS) is 11.0. The number of sulfonamides is 1. The van der Waals surface area contributed by atoms with Crippen LogP contribution in [0.1, 0.15) is 12.8 Å². The fourth-order valence-electron chi connectivity index (χ4n) is 2.46. The monoisotopic (exact) mass is 394 g/mol. The second kappa shape index (κ2) is 8.49. The lowest BCUT2D eigenvalue weighted by Crippen LogP contribution is -2.32. The number of ether oxygens (including phenoxy) is 1. The standard InChI is InChI=1S/C17H18N2O7S/c1-26-14-10-8-13(9-11-14)18(12-4-7-17(20)21)27(24,25)16-6-3-2-5-15(16)19(22)23/h2-3,5-6,8-11H,4,7,12H2,1H3,(H,20,21). The molecule has 0 aliphatic rings. The van der Waals surface area contributed by atoms with E-state index in [4.69, 9.17) is 9.84 Å². The van der Waals surface area contributed by atoms with Crippen molar-refractivity contribution < 1.29 is 28.0 Å². The van der Waals surface area contributed by atoms with E-state index >= 15 is 0 Å². The summed E-state index contributed by atoms with van der Waals surface area (Å²) < 4.78 is 32.3. The molecule has 2 aromatic carbocycles. The fraction of sp³-hybridized carbons (Fsp3) is 0.235. The summed E-state index contributed by atoms with van der Waals surface area (Å²) in [5.74, 6) is -0.555. The number of anilines is 1. The van der Waals surface area contributed by atoms with Crippen molar-refractivity contribution in [1.82, 2.24) is 0 Å². The second-order valence-electron chi connectivity index (χ2n) is 5.50. The first-order valence-corrected chi connectivity index (χ1v) is 9.33. The van der Waals surface area contributed by atoms with Crippen molar-refractivity contribution in [3.8, 4) is 5.75 Å². The van der Waals surface area contributed by atoms with E-state index in [0.717, 1.165) is 16.4 Å². The van der Waals surface area contributed by atoms with E-state index in [0.29, 0.717) is 5.75 Å².